The SMILES string of the molecule is O=CCN1CC2CC(C1=O)S2(=O)=O. The fourth-order valence-corrected chi connectivity index (χ4v) is 3.72. The van der Waals surface area contributed by atoms with Crippen molar-refractivity contribution in [2.24, 2.45) is 0 Å². The van der Waals surface area contributed by atoms with Crippen molar-refractivity contribution in [2.75, 3.05) is 13.1 Å². The average Bonchev–Trinajstić information content (AvgIpc) is 2.08. The molecule has 3 saturated heterocycles. The first-order valence-corrected chi connectivity index (χ1v) is 5.63. The predicted molar refractivity (Wildman–Crippen MR) is 43.8 cm³/mol. The molecule has 0 radical (unpaired) electrons. The Bertz CT molecular complexity index is 361. The van der Waals surface area contributed by atoms with Crippen LogP contribution in [0, 0.1) is 0 Å². The Kier molecular flexibility index (Phi) is 1.69. The van der Waals surface area contributed by atoms with E-state index in [1.54, 1.807) is 0 Å². The maximum atomic E-state index is 11.4. The zero-order valence-electron chi connectivity index (χ0n) is 6.84. The summed E-state index contributed by atoms with van der Waals surface area (Å²) in [7, 11) is -3.17. The van der Waals surface area contributed by atoms with Gasteiger partial charge in [-0.05, 0) is 6.42 Å². The largest absolute Gasteiger partial charge is 0.333 e. The van der Waals surface area contributed by atoms with Crippen molar-refractivity contribution in [2.45, 2.75) is 16.9 Å². The number of hydrogen-bond acceptors (Lipinski definition) is 4. The van der Waals surface area contributed by atoms with E-state index in [1.807, 2.05) is 0 Å². The second-order valence-electron chi connectivity index (χ2n) is 3.35. The van der Waals surface area contributed by atoms with Crippen LogP contribution in [-0.2, 0) is 19.4 Å². The number of carbonyl (C=O) groups excluding carboxylic acids is 2. The average molecular weight is 203 g/mol. The summed E-state index contributed by atoms with van der Waals surface area (Å²) in [5, 5.41) is -1.28. The quantitative estimate of drug-likeness (QED) is 0.516. The molecule has 0 aromatic rings. The van der Waals surface area contributed by atoms with E-state index in [-0.39, 0.29) is 13.1 Å². The molecule has 1 amide bonds. The van der Waals surface area contributed by atoms with E-state index in [9.17, 15) is 18.0 Å². The number of rotatable bonds is 2. The normalized spacial score (nSPS) is 35.4. The molecule has 72 valence electrons. The van der Waals surface area contributed by atoms with Gasteiger partial charge < -0.3 is 9.69 Å². The summed E-state index contributed by atoms with van der Waals surface area (Å²) in [5.41, 5.74) is 0. The summed E-state index contributed by atoms with van der Waals surface area (Å²) in [4.78, 5) is 22.8. The summed E-state index contributed by atoms with van der Waals surface area (Å²) in [6.07, 6.45) is 1.06. The minimum Gasteiger partial charge on any atom is -0.333 e. The fraction of sp³-hybridized carbons (Fsp3) is 0.714. The van der Waals surface area contributed by atoms with Crippen molar-refractivity contribution in [3.63, 3.8) is 0 Å². The molecule has 0 aromatic heterocycles. The van der Waals surface area contributed by atoms with E-state index >= 15 is 0 Å². The lowest BCUT2D eigenvalue weighted by molar-refractivity contribution is -0.135. The topological polar surface area (TPSA) is 71.5 Å². The monoisotopic (exact) mass is 203 g/mol. The molecule has 13 heavy (non-hydrogen) atoms. The van der Waals surface area contributed by atoms with Gasteiger partial charge in [0.25, 0.3) is 0 Å². The van der Waals surface area contributed by atoms with Gasteiger partial charge in [-0.3, -0.25) is 4.79 Å². The molecular weight excluding hydrogens is 194 g/mol. The van der Waals surface area contributed by atoms with Crippen molar-refractivity contribution in [3.05, 3.63) is 0 Å². The highest BCUT2D eigenvalue weighted by atomic mass is 32.2. The molecule has 0 saturated carbocycles. The Morgan fingerprint density at radius 3 is 2.69 bits per heavy atom. The minimum absolute atomic E-state index is 0.0152. The molecule has 3 aliphatic rings. The highest BCUT2D eigenvalue weighted by Gasteiger charge is 2.56. The van der Waals surface area contributed by atoms with E-state index in [0.717, 1.165) is 0 Å². The van der Waals surface area contributed by atoms with Gasteiger partial charge in [0, 0.05) is 6.54 Å². The van der Waals surface area contributed by atoms with Gasteiger partial charge in [-0.1, -0.05) is 0 Å². The highest BCUT2D eigenvalue weighted by molar-refractivity contribution is 7.95. The molecule has 2 atom stereocenters. The van der Waals surface area contributed by atoms with E-state index in [1.165, 1.54) is 4.90 Å². The Labute approximate surface area is 75.6 Å². The molecule has 2 bridgehead atoms. The van der Waals surface area contributed by atoms with Crippen LogP contribution < -0.4 is 0 Å². The van der Waals surface area contributed by atoms with Gasteiger partial charge >= 0.3 is 0 Å². The van der Waals surface area contributed by atoms with E-state index < -0.39 is 26.2 Å². The first-order chi connectivity index (χ1) is 6.07. The van der Waals surface area contributed by atoms with Gasteiger partial charge in [-0.15, -0.1) is 0 Å². The van der Waals surface area contributed by atoms with Gasteiger partial charge in [0.05, 0.1) is 11.8 Å². The first-order valence-electron chi connectivity index (χ1n) is 4.02. The smallest absolute Gasteiger partial charge is 0.241 e. The molecule has 3 rings (SSSR count). The number of sulfone groups is 1. The second kappa shape index (κ2) is 2.54. The lowest BCUT2D eigenvalue weighted by Gasteiger charge is -2.44. The molecule has 0 aliphatic carbocycles. The van der Waals surface area contributed by atoms with Crippen LogP contribution in [0.5, 0.6) is 0 Å². The second-order valence-corrected chi connectivity index (χ2v) is 5.76. The van der Waals surface area contributed by atoms with Crippen LogP contribution in [-0.4, -0.2) is 49.1 Å². The first kappa shape index (κ1) is 8.68. The summed E-state index contributed by atoms with van der Waals surface area (Å²) in [5.74, 6) is -0.408. The van der Waals surface area contributed by atoms with Crippen LogP contribution in [0.15, 0.2) is 0 Å². The number of nitrogens with zero attached hydrogens (tertiary/aromatic N) is 1. The van der Waals surface area contributed by atoms with Gasteiger partial charge in [0.1, 0.15) is 11.5 Å². The molecule has 5 nitrogen and oxygen atoms in total. The van der Waals surface area contributed by atoms with Gasteiger partial charge in [0.2, 0.25) is 5.91 Å². The fourth-order valence-electron chi connectivity index (χ4n) is 1.83. The van der Waals surface area contributed by atoms with Crippen LogP contribution in [0.1, 0.15) is 6.42 Å². The van der Waals surface area contributed by atoms with Crippen molar-refractivity contribution in [1.29, 1.82) is 0 Å². The van der Waals surface area contributed by atoms with Crippen molar-refractivity contribution in [3.8, 4) is 0 Å². The third-order valence-electron chi connectivity index (χ3n) is 2.64. The van der Waals surface area contributed by atoms with E-state index in [0.29, 0.717) is 12.7 Å². The summed E-state index contributed by atoms with van der Waals surface area (Å²) < 4.78 is 22.5. The molecule has 2 unspecified atom stereocenters. The van der Waals surface area contributed by atoms with Gasteiger partial charge in [-0.2, -0.15) is 0 Å². The Hall–Kier alpha value is -0.910. The summed E-state index contributed by atoms with van der Waals surface area (Å²) >= 11 is 0. The maximum absolute atomic E-state index is 11.4. The number of hydrogen-bond donors (Lipinski definition) is 0. The summed E-state index contributed by atoms with van der Waals surface area (Å²) in [6, 6.07) is 0. The highest BCUT2D eigenvalue weighted by Crippen LogP contribution is 2.35. The van der Waals surface area contributed by atoms with Gasteiger partial charge in [0.15, 0.2) is 9.84 Å². The van der Waals surface area contributed by atoms with Gasteiger partial charge in [-0.25, -0.2) is 8.42 Å². The third kappa shape index (κ3) is 1.01. The molecule has 0 aromatic carbocycles. The Morgan fingerprint density at radius 1 is 1.54 bits per heavy atom. The molecule has 3 heterocycles. The van der Waals surface area contributed by atoms with Crippen LogP contribution in [0.4, 0.5) is 0 Å². The minimum atomic E-state index is -3.17. The zero-order valence-corrected chi connectivity index (χ0v) is 7.66. The lowest BCUT2D eigenvalue weighted by atomic mass is 10.1. The zero-order chi connectivity index (χ0) is 9.64. The van der Waals surface area contributed by atoms with Crippen molar-refractivity contribution >= 4 is 22.0 Å². The lowest BCUT2D eigenvalue weighted by Crippen LogP contribution is -2.65. The molecule has 0 N–H and O–H groups in total. The Balaban J connectivity index is 2.21. The maximum Gasteiger partial charge on any atom is 0.241 e. The number of piperidine rings is 1. The van der Waals surface area contributed by atoms with Crippen molar-refractivity contribution < 1.29 is 18.0 Å². The third-order valence-corrected chi connectivity index (χ3v) is 5.10. The molecule has 6 heteroatoms. The van der Waals surface area contributed by atoms with E-state index in [4.69, 9.17) is 0 Å². The Morgan fingerprint density at radius 2 is 2.23 bits per heavy atom. The number of aldehydes is 1. The number of amides is 1. The van der Waals surface area contributed by atoms with Crippen molar-refractivity contribution in [1.82, 2.24) is 4.90 Å². The van der Waals surface area contributed by atoms with Crippen LogP contribution in [0.3, 0.4) is 0 Å². The summed E-state index contributed by atoms with van der Waals surface area (Å²) in [6.45, 7) is 0.206. The standard InChI is InChI=1S/C7H9NO4S/c9-2-1-8-4-5-3-6(7(8)10)13(5,11)12/h2,5-6H,1,3-4H2. The number of carbonyl (C=O) groups is 2. The molecular formula is C7H9NO4S. The van der Waals surface area contributed by atoms with Crippen LogP contribution >= 0.6 is 0 Å². The molecule has 3 aliphatic heterocycles. The predicted octanol–water partition coefficient (Wildman–Crippen LogP) is -1.42. The number of fused-ring (bicyclic) bond motifs is 2. The van der Waals surface area contributed by atoms with Crippen LogP contribution in [0.25, 0.3) is 0 Å². The molecule has 0 spiro atoms. The van der Waals surface area contributed by atoms with Crippen LogP contribution in [0.2, 0.25) is 0 Å². The van der Waals surface area contributed by atoms with E-state index in [2.05, 4.69) is 0 Å². The molecule has 3 fully saturated rings.